The molecule has 3 nitrogen and oxygen atoms in total. The van der Waals surface area contributed by atoms with Gasteiger partial charge in [0.25, 0.3) is 0 Å². The van der Waals surface area contributed by atoms with Crippen LogP contribution in [0.3, 0.4) is 0 Å². The molecule has 1 amide bonds. The van der Waals surface area contributed by atoms with Crippen LogP contribution in [-0.4, -0.2) is 34.6 Å². The summed E-state index contributed by atoms with van der Waals surface area (Å²) in [5.74, 6) is 1.66. The van der Waals surface area contributed by atoms with Crippen molar-refractivity contribution in [2.45, 2.75) is 25.0 Å². The third-order valence-corrected chi connectivity index (χ3v) is 5.65. The van der Waals surface area contributed by atoms with E-state index < -0.39 is 0 Å². The molecule has 0 bridgehead atoms. The van der Waals surface area contributed by atoms with Crippen molar-refractivity contribution in [2.24, 2.45) is 0 Å². The summed E-state index contributed by atoms with van der Waals surface area (Å²) >= 11 is 3.34. The van der Waals surface area contributed by atoms with E-state index in [2.05, 4.69) is 22.5 Å². The lowest BCUT2D eigenvalue weighted by molar-refractivity contribution is -0.129. The molecular formula is C17H20N2OS2. The molecule has 0 saturated carbocycles. The Morgan fingerprint density at radius 3 is 2.73 bits per heavy atom. The zero-order chi connectivity index (χ0) is 15.2. The molecular weight excluding hydrogens is 312 g/mol. The first-order valence-corrected chi connectivity index (χ1v) is 9.72. The highest BCUT2D eigenvalue weighted by Gasteiger charge is 2.16. The van der Waals surface area contributed by atoms with Gasteiger partial charge in [0, 0.05) is 29.8 Å². The zero-order valence-electron chi connectivity index (χ0n) is 12.5. The average Bonchev–Trinajstić information content (AvgIpc) is 3.05. The van der Waals surface area contributed by atoms with E-state index in [9.17, 15) is 4.79 Å². The number of piperidine rings is 1. The first-order valence-electron chi connectivity index (χ1n) is 7.68. The molecule has 0 spiro atoms. The largest absolute Gasteiger partial charge is 0.342 e. The molecule has 1 saturated heterocycles. The number of rotatable bonds is 5. The van der Waals surface area contributed by atoms with Gasteiger partial charge < -0.3 is 4.90 Å². The fraction of sp³-hybridized carbons (Fsp3) is 0.412. The maximum Gasteiger partial charge on any atom is 0.232 e. The van der Waals surface area contributed by atoms with Crippen molar-refractivity contribution in [3.8, 4) is 10.6 Å². The second-order valence-corrected chi connectivity index (χ2v) is 7.29. The second kappa shape index (κ2) is 7.79. The average molecular weight is 332 g/mol. The number of thioether (sulfide) groups is 1. The van der Waals surface area contributed by atoms with E-state index in [1.807, 2.05) is 23.1 Å². The van der Waals surface area contributed by atoms with E-state index in [1.165, 1.54) is 6.42 Å². The minimum atomic E-state index is 0.281. The fourth-order valence-electron chi connectivity index (χ4n) is 2.56. The summed E-state index contributed by atoms with van der Waals surface area (Å²) in [5.41, 5.74) is 2.23. The summed E-state index contributed by atoms with van der Waals surface area (Å²) in [5, 5.41) is 3.15. The Kier molecular flexibility index (Phi) is 5.51. The molecule has 2 aromatic rings. The van der Waals surface area contributed by atoms with E-state index >= 15 is 0 Å². The third kappa shape index (κ3) is 4.11. The van der Waals surface area contributed by atoms with E-state index in [0.717, 1.165) is 47.9 Å². The number of thiazole rings is 1. The molecule has 1 aliphatic heterocycles. The molecule has 0 aliphatic carbocycles. The van der Waals surface area contributed by atoms with Crippen LogP contribution in [0.4, 0.5) is 0 Å². The number of carbonyl (C=O) groups is 1. The highest BCUT2D eigenvalue weighted by Crippen LogP contribution is 2.25. The smallest absolute Gasteiger partial charge is 0.232 e. The van der Waals surface area contributed by atoms with Gasteiger partial charge in [0.1, 0.15) is 5.01 Å². The number of hydrogen-bond acceptors (Lipinski definition) is 4. The first kappa shape index (κ1) is 15.6. The van der Waals surface area contributed by atoms with Gasteiger partial charge >= 0.3 is 0 Å². The molecule has 0 unspecified atom stereocenters. The standard InChI is InChI=1S/C17H20N2OS2/c20-16(19-9-5-2-6-10-19)13-21-11-15-12-22-17(18-15)14-7-3-1-4-8-14/h1,3-4,7-8,12H,2,5-6,9-11,13H2. The summed E-state index contributed by atoms with van der Waals surface area (Å²) in [6.07, 6.45) is 3.57. The zero-order valence-corrected chi connectivity index (χ0v) is 14.2. The van der Waals surface area contributed by atoms with Crippen molar-refractivity contribution < 1.29 is 4.79 Å². The Morgan fingerprint density at radius 1 is 1.18 bits per heavy atom. The summed E-state index contributed by atoms with van der Waals surface area (Å²) < 4.78 is 0. The molecule has 1 aromatic carbocycles. The van der Waals surface area contributed by atoms with Crippen molar-refractivity contribution in [3.63, 3.8) is 0 Å². The topological polar surface area (TPSA) is 33.2 Å². The minimum Gasteiger partial charge on any atom is -0.342 e. The molecule has 0 atom stereocenters. The van der Waals surface area contributed by atoms with Crippen LogP contribution in [0.25, 0.3) is 10.6 Å². The Hall–Kier alpha value is -1.33. The van der Waals surface area contributed by atoms with E-state index in [0.29, 0.717) is 5.75 Å². The number of carbonyl (C=O) groups excluding carboxylic acids is 1. The molecule has 116 valence electrons. The third-order valence-electron chi connectivity index (χ3n) is 3.76. The van der Waals surface area contributed by atoms with Gasteiger partial charge in [0.15, 0.2) is 0 Å². The predicted molar refractivity (Wildman–Crippen MR) is 94.1 cm³/mol. The molecule has 0 radical (unpaired) electrons. The minimum absolute atomic E-state index is 0.281. The second-order valence-electron chi connectivity index (χ2n) is 5.44. The van der Waals surface area contributed by atoms with Gasteiger partial charge in [0.2, 0.25) is 5.91 Å². The van der Waals surface area contributed by atoms with Gasteiger partial charge in [0.05, 0.1) is 11.4 Å². The van der Waals surface area contributed by atoms with Gasteiger partial charge in [-0.1, -0.05) is 30.3 Å². The van der Waals surface area contributed by atoms with Gasteiger partial charge in [-0.3, -0.25) is 4.79 Å². The molecule has 22 heavy (non-hydrogen) atoms. The normalized spacial score (nSPS) is 15.0. The lowest BCUT2D eigenvalue weighted by atomic mass is 10.1. The number of hydrogen-bond donors (Lipinski definition) is 0. The summed E-state index contributed by atoms with van der Waals surface area (Å²) in [6, 6.07) is 10.2. The lowest BCUT2D eigenvalue weighted by Gasteiger charge is -2.26. The van der Waals surface area contributed by atoms with Crippen LogP contribution in [0.5, 0.6) is 0 Å². The van der Waals surface area contributed by atoms with E-state index in [4.69, 9.17) is 0 Å². The maximum atomic E-state index is 12.1. The highest BCUT2D eigenvalue weighted by molar-refractivity contribution is 7.99. The van der Waals surface area contributed by atoms with Crippen molar-refractivity contribution in [3.05, 3.63) is 41.4 Å². The van der Waals surface area contributed by atoms with Crippen LogP contribution in [0.1, 0.15) is 25.0 Å². The molecule has 1 fully saturated rings. The SMILES string of the molecule is O=C(CSCc1csc(-c2ccccc2)n1)N1CCCCC1. The highest BCUT2D eigenvalue weighted by atomic mass is 32.2. The molecule has 0 N–H and O–H groups in total. The Balaban J connectivity index is 1.48. The number of likely N-dealkylation sites (tertiary alicyclic amines) is 1. The van der Waals surface area contributed by atoms with Crippen molar-refractivity contribution in [1.29, 1.82) is 0 Å². The molecule has 3 rings (SSSR count). The van der Waals surface area contributed by atoms with Crippen molar-refractivity contribution >= 4 is 29.0 Å². The Morgan fingerprint density at radius 2 is 1.95 bits per heavy atom. The van der Waals surface area contributed by atoms with Gasteiger partial charge in [-0.25, -0.2) is 4.98 Å². The monoisotopic (exact) mass is 332 g/mol. The molecule has 5 heteroatoms. The van der Waals surface area contributed by atoms with Crippen LogP contribution < -0.4 is 0 Å². The number of benzene rings is 1. The quantitative estimate of drug-likeness (QED) is 0.828. The Bertz CT molecular complexity index is 606. The maximum absolute atomic E-state index is 12.1. The van der Waals surface area contributed by atoms with Gasteiger partial charge in [-0.15, -0.1) is 23.1 Å². The van der Waals surface area contributed by atoms with Crippen molar-refractivity contribution in [2.75, 3.05) is 18.8 Å². The van der Waals surface area contributed by atoms with Crippen LogP contribution in [0.15, 0.2) is 35.7 Å². The number of amides is 1. The number of nitrogens with zero attached hydrogens (tertiary/aromatic N) is 2. The first-order chi connectivity index (χ1) is 10.8. The Labute approximate surface area is 139 Å². The predicted octanol–water partition coefficient (Wildman–Crippen LogP) is 4.06. The lowest BCUT2D eigenvalue weighted by Crippen LogP contribution is -2.36. The fourth-order valence-corrected chi connectivity index (χ4v) is 4.31. The van der Waals surface area contributed by atoms with Crippen LogP contribution in [0, 0.1) is 0 Å². The van der Waals surface area contributed by atoms with E-state index in [-0.39, 0.29) is 5.91 Å². The molecule has 1 aromatic heterocycles. The van der Waals surface area contributed by atoms with E-state index in [1.54, 1.807) is 23.1 Å². The number of aromatic nitrogens is 1. The summed E-state index contributed by atoms with van der Waals surface area (Å²) in [4.78, 5) is 18.8. The summed E-state index contributed by atoms with van der Waals surface area (Å²) in [6.45, 7) is 1.88. The van der Waals surface area contributed by atoms with Crippen molar-refractivity contribution in [1.82, 2.24) is 9.88 Å². The summed E-state index contributed by atoms with van der Waals surface area (Å²) in [7, 11) is 0. The van der Waals surface area contributed by atoms with Crippen LogP contribution in [-0.2, 0) is 10.5 Å². The molecule has 1 aliphatic rings. The van der Waals surface area contributed by atoms with Crippen LogP contribution in [0.2, 0.25) is 0 Å². The van der Waals surface area contributed by atoms with Gasteiger partial charge in [-0.05, 0) is 19.3 Å². The van der Waals surface area contributed by atoms with Crippen LogP contribution >= 0.6 is 23.1 Å². The van der Waals surface area contributed by atoms with Gasteiger partial charge in [-0.2, -0.15) is 0 Å². The molecule has 2 heterocycles.